The highest BCUT2D eigenvalue weighted by Gasteiger charge is 2.17. The summed E-state index contributed by atoms with van der Waals surface area (Å²) in [7, 11) is 0. The van der Waals surface area contributed by atoms with Gasteiger partial charge in [-0.3, -0.25) is 0 Å². The highest BCUT2D eigenvalue weighted by Crippen LogP contribution is 2.30. The highest BCUT2D eigenvalue weighted by molar-refractivity contribution is 6.30. The fourth-order valence-electron chi connectivity index (χ4n) is 2.71. The molecule has 0 saturated carbocycles. The third-order valence-electron chi connectivity index (χ3n) is 3.78. The Labute approximate surface area is 126 Å². The molecule has 1 aromatic rings. The van der Waals surface area contributed by atoms with Crippen LogP contribution in [0.2, 0.25) is 5.02 Å². The van der Waals surface area contributed by atoms with Crippen molar-refractivity contribution in [2.24, 2.45) is 0 Å². The lowest BCUT2D eigenvalue weighted by Gasteiger charge is -2.23. The van der Waals surface area contributed by atoms with E-state index in [9.17, 15) is 0 Å². The van der Waals surface area contributed by atoms with Crippen LogP contribution in [0.4, 0.5) is 5.82 Å². The molecule has 4 heteroatoms. The van der Waals surface area contributed by atoms with Crippen molar-refractivity contribution in [2.75, 3.05) is 12.3 Å². The second-order valence-corrected chi connectivity index (χ2v) is 5.88. The van der Waals surface area contributed by atoms with Crippen LogP contribution in [0.3, 0.4) is 0 Å². The molecule has 1 aromatic heterocycles. The summed E-state index contributed by atoms with van der Waals surface area (Å²) in [5.41, 5.74) is 8.60. The number of aromatic nitrogens is 1. The van der Waals surface area contributed by atoms with E-state index >= 15 is 0 Å². The van der Waals surface area contributed by atoms with E-state index in [1.54, 1.807) is 6.20 Å². The Morgan fingerprint density at radius 3 is 3.00 bits per heavy atom. The van der Waals surface area contributed by atoms with E-state index in [-0.39, 0.29) is 6.04 Å². The molecule has 0 amide bonds. The number of pyridine rings is 1. The third kappa shape index (κ3) is 4.22. The SMILES string of the molecule is CCCNC(CC1=CCCCC1)c1cc(Cl)cnc1N. The van der Waals surface area contributed by atoms with Crippen molar-refractivity contribution >= 4 is 17.4 Å². The molecule has 0 aliphatic heterocycles. The number of nitrogen functional groups attached to an aromatic ring is 1. The van der Waals surface area contributed by atoms with Gasteiger partial charge in [0.1, 0.15) is 5.82 Å². The van der Waals surface area contributed by atoms with Gasteiger partial charge < -0.3 is 11.1 Å². The van der Waals surface area contributed by atoms with Gasteiger partial charge in [0, 0.05) is 17.8 Å². The van der Waals surface area contributed by atoms with E-state index in [1.165, 1.54) is 31.3 Å². The van der Waals surface area contributed by atoms with Crippen LogP contribution in [0, 0.1) is 0 Å². The van der Waals surface area contributed by atoms with Gasteiger partial charge in [0.2, 0.25) is 0 Å². The Kier molecular flexibility index (Phi) is 5.86. The number of hydrogen-bond donors (Lipinski definition) is 2. The van der Waals surface area contributed by atoms with E-state index in [0.29, 0.717) is 10.8 Å². The summed E-state index contributed by atoms with van der Waals surface area (Å²) in [5.74, 6) is 0.583. The Balaban J connectivity index is 2.17. The predicted octanol–water partition coefficient (Wildman–Crippen LogP) is 4.25. The molecule has 2 rings (SSSR count). The zero-order valence-corrected chi connectivity index (χ0v) is 12.9. The zero-order valence-electron chi connectivity index (χ0n) is 12.2. The molecule has 0 bridgehead atoms. The van der Waals surface area contributed by atoms with Crippen molar-refractivity contribution < 1.29 is 0 Å². The number of nitrogens with two attached hydrogens (primary N) is 1. The van der Waals surface area contributed by atoms with Crippen LogP contribution in [0.5, 0.6) is 0 Å². The van der Waals surface area contributed by atoms with Crippen molar-refractivity contribution in [2.45, 2.75) is 51.5 Å². The monoisotopic (exact) mass is 293 g/mol. The van der Waals surface area contributed by atoms with Crippen LogP contribution >= 0.6 is 11.6 Å². The molecule has 110 valence electrons. The molecule has 0 aromatic carbocycles. The molecular formula is C16H24ClN3. The number of allylic oxidation sites excluding steroid dienone is 1. The summed E-state index contributed by atoms with van der Waals surface area (Å²) in [5, 5.41) is 4.23. The van der Waals surface area contributed by atoms with Crippen LogP contribution in [0.25, 0.3) is 0 Å². The molecule has 20 heavy (non-hydrogen) atoms. The van der Waals surface area contributed by atoms with Gasteiger partial charge in [-0.25, -0.2) is 4.98 Å². The maximum Gasteiger partial charge on any atom is 0.128 e. The van der Waals surface area contributed by atoms with Gasteiger partial charge in [-0.15, -0.1) is 0 Å². The average molecular weight is 294 g/mol. The summed E-state index contributed by atoms with van der Waals surface area (Å²) in [4.78, 5) is 4.19. The fourth-order valence-corrected chi connectivity index (χ4v) is 2.87. The van der Waals surface area contributed by atoms with Gasteiger partial charge in [0.05, 0.1) is 5.02 Å². The van der Waals surface area contributed by atoms with Crippen molar-refractivity contribution in [3.8, 4) is 0 Å². The summed E-state index contributed by atoms with van der Waals surface area (Å²) in [6.07, 6.45) is 11.1. The molecule has 0 spiro atoms. The standard InChI is InChI=1S/C16H24ClN3/c1-2-8-19-15(9-12-6-4-3-5-7-12)14-10-13(17)11-20-16(14)18/h6,10-11,15,19H,2-5,7-9H2,1H3,(H2,18,20). The summed E-state index contributed by atoms with van der Waals surface area (Å²) >= 11 is 6.08. The van der Waals surface area contributed by atoms with Gasteiger partial charge in [-0.2, -0.15) is 0 Å². The van der Waals surface area contributed by atoms with Crippen LogP contribution in [-0.4, -0.2) is 11.5 Å². The van der Waals surface area contributed by atoms with E-state index in [0.717, 1.165) is 24.9 Å². The van der Waals surface area contributed by atoms with Crippen molar-refractivity contribution in [1.29, 1.82) is 0 Å². The fraction of sp³-hybridized carbons (Fsp3) is 0.562. The molecule has 1 aliphatic carbocycles. The first-order chi connectivity index (χ1) is 9.70. The minimum absolute atomic E-state index is 0.213. The van der Waals surface area contributed by atoms with Crippen molar-refractivity contribution in [3.05, 3.63) is 34.5 Å². The van der Waals surface area contributed by atoms with Crippen LogP contribution in [0.1, 0.15) is 57.1 Å². The molecule has 0 saturated heterocycles. The summed E-state index contributed by atoms with van der Waals surface area (Å²) in [6.45, 7) is 3.15. The van der Waals surface area contributed by atoms with Gasteiger partial charge in [-0.05, 0) is 51.1 Å². The van der Waals surface area contributed by atoms with E-state index in [4.69, 9.17) is 17.3 Å². The Bertz CT molecular complexity index is 471. The van der Waals surface area contributed by atoms with Crippen molar-refractivity contribution in [3.63, 3.8) is 0 Å². The van der Waals surface area contributed by atoms with Gasteiger partial charge in [-0.1, -0.05) is 30.2 Å². The van der Waals surface area contributed by atoms with Crippen LogP contribution in [0.15, 0.2) is 23.9 Å². The Hall–Kier alpha value is -1.06. The molecule has 1 aliphatic rings. The molecule has 1 unspecified atom stereocenters. The normalized spacial score (nSPS) is 16.8. The molecular weight excluding hydrogens is 270 g/mol. The lowest BCUT2D eigenvalue weighted by atomic mass is 9.91. The lowest BCUT2D eigenvalue weighted by Crippen LogP contribution is -2.24. The van der Waals surface area contributed by atoms with Gasteiger partial charge in [0.15, 0.2) is 0 Å². The zero-order chi connectivity index (χ0) is 14.4. The number of rotatable bonds is 6. The van der Waals surface area contributed by atoms with E-state index in [2.05, 4.69) is 23.3 Å². The van der Waals surface area contributed by atoms with Crippen LogP contribution < -0.4 is 11.1 Å². The number of anilines is 1. The number of halogens is 1. The van der Waals surface area contributed by atoms with E-state index in [1.807, 2.05) is 6.07 Å². The Morgan fingerprint density at radius 2 is 2.30 bits per heavy atom. The quantitative estimate of drug-likeness (QED) is 0.771. The van der Waals surface area contributed by atoms with Gasteiger partial charge >= 0.3 is 0 Å². The maximum absolute atomic E-state index is 6.08. The molecule has 1 heterocycles. The lowest BCUT2D eigenvalue weighted by molar-refractivity contribution is 0.512. The number of nitrogens with zero attached hydrogens (tertiary/aromatic N) is 1. The number of nitrogens with one attached hydrogen (secondary N) is 1. The first-order valence-electron chi connectivity index (χ1n) is 7.53. The molecule has 0 radical (unpaired) electrons. The second-order valence-electron chi connectivity index (χ2n) is 5.45. The largest absolute Gasteiger partial charge is 0.383 e. The third-order valence-corrected chi connectivity index (χ3v) is 3.99. The molecule has 3 nitrogen and oxygen atoms in total. The van der Waals surface area contributed by atoms with Crippen LogP contribution in [-0.2, 0) is 0 Å². The smallest absolute Gasteiger partial charge is 0.128 e. The molecule has 1 atom stereocenters. The van der Waals surface area contributed by atoms with E-state index < -0.39 is 0 Å². The minimum atomic E-state index is 0.213. The first-order valence-corrected chi connectivity index (χ1v) is 7.90. The van der Waals surface area contributed by atoms with Gasteiger partial charge in [0.25, 0.3) is 0 Å². The average Bonchev–Trinajstić information content (AvgIpc) is 2.47. The Morgan fingerprint density at radius 1 is 1.45 bits per heavy atom. The minimum Gasteiger partial charge on any atom is -0.383 e. The first kappa shape index (κ1) is 15.3. The number of hydrogen-bond acceptors (Lipinski definition) is 3. The topological polar surface area (TPSA) is 50.9 Å². The molecule has 3 N–H and O–H groups in total. The highest BCUT2D eigenvalue weighted by atomic mass is 35.5. The molecule has 0 fully saturated rings. The summed E-state index contributed by atoms with van der Waals surface area (Å²) in [6, 6.07) is 2.16. The van der Waals surface area contributed by atoms with Crippen molar-refractivity contribution in [1.82, 2.24) is 10.3 Å². The summed E-state index contributed by atoms with van der Waals surface area (Å²) < 4.78 is 0. The predicted molar refractivity (Wildman–Crippen MR) is 85.9 cm³/mol. The maximum atomic E-state index is 6.08. The second kappa shape index (κ2) is 7.65.